The molecule has 2 N–H and O–H groups in total. The lowest BCUT2D eigenvalue weighted by atomic mass is 9.91. The molecule has 2 fully saturated rings. The summed E-state index contributed by atoms with van der Waals surface area (Å²) in [5.74, 6) is 1.87. The Balaban J connectivity index is 1.66. The number of halogens is 3. The molecule has 182 valence electrons. The molecule has 0 aliphatic carbocycles. The van der Waals surface area contributed by atoms with E-state index in [9.17, 15) is 9.50 Å². The van der Waals surface area contributed by atoms with Crippen molar-refractivity contribution >= 4 is 39.0 Å². The van der Waals surface area contributed by atoms with E-state index in [1.165, 1.54) is 24.3 Å². The highest BCUT2D eigenvalue weighted by Gasteiger charge is 2.34. The van der Waals surface area contributed by atoms with E-state index in [1.54, 1.807) is 6.07 Å². The van der Waals surface area contributed by atoms with E-state index < -0.39 is 11.6 Å². The van der Waals surface area contributed by atoms with Gasteiger partial charge in [0, 0.05) is 52.6 Å². The van der Waals surface area contributed by atoms with Crippen LogP contribution in [0.2, 0.25) is 5.02 Å². The maximum atomic E-state index is 16.6. The van der Waals surface area contributed by atoms with Gasteiger partial charge < -0.3 is 15.3 Å². The van der Waals surface area contributed by atoms with E-state index in [1.807, 2.05) is 13.8 Å². The maximum Gasteiger partial charge on any atom is 0.140 e. The summed E-state index contributed by atoms with van der Waals surface area (Å²) in [6, 6.07) is 8.12. The van der Waals surface area contributed by atoms with Gasteiger partial charge in [-0.3, -0.25) is 0 Å². The number of aryl methyl sites for hydroxylation is 2. The van der Waals surface area contributed by atoms with Crippen LogP contribution in [0.15, 0.2) is 30.3 Å². The standard InChI is InChI=1S/C29H24ClF2N3O/c1-4-20-24(31)8-5-16-9-19(36)10-21(26(16)20)27-23(30)11-22-25(28(27)32)14(2)15(3)33-29(22)35-12-17-6-7-18(13-35)34-17/h1,5,8-11,17-18,34,36H,6-7,12-13H2,2-3H3. The van der Waals surface area contributed by atoms with Crippen molar-refractivity contribution in [2.24, 2.45) is 0 Å². The van der Waals surface area contributed by atoms with Crippen molar-refractivity contribution < 1.29 is 13.9 Å². The van der Waals surface area contributed by atoms with Crippen LogP contribution >= 0.6 is 11.6 Å². The predicted octanol–water partition coefficient (Wildman–Crippen LogP) is 6.23. The Morgan fingerprint density at radius 1 is 1.11 bits per heavy atom. The Morgan fingerprint density at radius 2 is 1.83 bits per heavy atom. The minimum Gasteiger partial charge on any atom is -0.508 e. The van der Waals surface area contributed by atoms with Gasteiger partial charge in [0.2, 0.25) is 0 Å². The smallest absolute Gasteiger partial charge is 0.140 e. The van der Waals surface area contributed by atoms with Crippen LogP contribution in [0, 0.1) is 37.8 Å². The van der Waals surface area contributed by atoms with Gasteiger partial charge in [-0.05, 0) is 67.5 Å². The number of fused-ring (bicyclic) bond motifs is 4. The molecule has 2 unspecified atom stereocenters. The number of benzene rings is 3. The van der Waals surface area contributed by atoms with E-state index >= 15 is 4.39 Å². The van der Waals surface area contributed by atoms with Crippen molar-refractivity contribution in [3.8, 4) is 29.2 Å². The first kappa shape index (κ1) is 23.0. The van der Waals surface area contributed by atoms with E-state index in [4.69, 9.17) is 23.0 Å². The van der Waals surface area contributed by atoms with Crippen LogP contribution in [0.5, 0.6) is 5.75 Å². The molecule has 3 heterocycles. The van der Waals surface area contributed by atoms with Crippen molar-refractivity contribution in [2.45, 2.75) is 38.8 Å². The molecular weight excluding hydrogens is 480 g/mol. The van der Waals surface area contributed by atoms with Crippen LogP contribution in [0.4, 0.5) is 14.6 Å². The Morgan fingerprint density at radius 3 is 2.53 bits per heavy atom. The van der Waals surface area contributed by atoms with Crippen LogP contribution in [0.1, 0.15) is 29.7 Å². The number of aromatic hydroxyl groups is 1. The molecule has 0 amide bonds. The average molecular weight is 504 g/mol. The number of phenols is 1. The van der Waals surface area contributed by atoms with Gasteiger partial charge >= 0.3 is 0 Å². The number of nitrogens with zero attached hydrogens (tertiary/aromatic N) is 2. The monoisotopic (exact) mass is 503 g/mol. The fourth-order valence-electron chi connectivity index (χ4n) is 5.87. The molecule has 2 bridgehead atoms. The second-order valence-electron chi connectivity index (χ2n) is 9.82. The highest BCUT2D eigenvalue weighted by molar-refractivity contribution is 6.35. The summed E-state index contributed by atoms with van der Waals surface area (Å²) in [5.41, 5.74) is 1.75. The molecule has 0 spiro atoms. The molecule has 2 aliphatic rings. The Labute approximate surface area is 212 Å². The molecule has 6 rings (SSSR count). The molecule has 7 heteroatoms. The fraction of sp³-hybridized carbons (Fsp3) is 0.276. The quantitative estimate of drug-likeness (QED) is 0.318. The van der Waals surface area contributed by atoms with Gasteiger partial charge in [0.15, 0.2) is 0 Å². The third kappa shape index (κ3) is 3.42. The molecule has 2 atom stereocenters. The topological polar surface area (TPSA) is 48.4 Å². The third-order valence-electron chi connectivity index (χ3n) is 7.63. The average Bonchev–Trinajstić information content (AvgIpc) is 3.18. The molecule has 4 nitrogen and oxygen atoms in total. The Bertz CT molecular complexity index is 1620. The van der Waals surface area contributed by atoms with E-state index in [-0.39, 0.29) is 27.5 Å². The molecule has 2 aliphatic heterocycles. The van der Waals surface area contributed by atoms with Crippen LogP contribution in [0.3, 0.4) is 0 Å². The largest absolute Gasteiger partial charge is 0.508 e. The molecule has 36 heavy (non-hydrogen) atoms. The van der Waals surface area contributed by atoms with Crippen molar-refractivity contribution in [1.29, 1.82) is 0 Å². The normalized spacial score (nSPS) is 19.3. The zero-order valence-corrected chi connectivity index (χ0v) is 20.7. The van der Waals surface area contributed by atoms with Crippen molar-refractivity contribution in [2.75, 3.05) is 18.0 Å². The first-order valence-electron chi connectivity index (χ1n) is 12.0. The summed E-state index contributed by atoms with van der Waals surface area (Å²) >= 11 is 6.78. The van der Waals surface area contributed by atoms with Gasteiger partial charge in [-0.2, -0.15) is 0 Å². The highest BCUT2D eigenvalue weighted by atomic mass is 35.5. The van der Waals surface area contributed by atoms with Gasteiger partial charge in [-0.15, -0.1) is 6.42 Å². The predicted molar refractivity (Wildman–Crippen MR) is 141 cm³/mol. The van der Waals surface area contributed by atoms with Gasteiger partial charge in [-0.25, -0.2) is 13.8 Å². The second-order valence-corrected chi connectivity index (χ2v) is 10.2. The number of hydrogen-bond donors (Lipinski definition) is 2. The van der Waals surface area contributed by atoms with Crippen LogP contribution in [0.25, 0.3) is 32.7 Å². The summed E-state index contributed by atoms with van der Waals surface area (Å²) in [6.07, 6.45) is 7.87. The second kappa shape index (κ2) is 8.33. The number of hydrogen-bond acceptors (Lipinski definition) is 4. The minimum absolute atomic E-state index is 0.00215. The first-order chi connectivity index (χ1) is 17.3. The maximum absolute atomic E-state index is 16.6. The van der Waals surface area contributed by atoms with Gasteiger partial charge in [0.25, 0.3) is 0 Å². The molecule has 2 saturated heterocycles. The number of phenolic OH excluding ortho intramolecular Hbond substituents is 1. The summed E-state index contributed by atoms with van der Waals surface area (Å²) < 4.78 is 31.3. The number of piperazine rings is 1. The summed E-state index contributed by atoms with van der Waals surface area (Å²) in [4.78, 5) is 7.09. The highest BCUT2D eigenvalue weighted by Crippen LogP contribution is 2.45. The fourth-order valence-corrected chi connectivity index (χ4v) is 6.16. The number of terminal acetylenes is 1. The van der Waals surface area contributed by atoms with Crippen molar-refractivity contribution in [3.63, 3.8) is 0 Å². The number of anilines is 1. The lowest BCUT2D eigenvalue weighted by Gasteiger charge is -2.35. The van der Waals surface area contributed by atoms with Gasteiger partial charge in [0.05, 0.1) is 10.6 Å². The van der Waals surface area contributed by atoms with Crippen molar-refractivity contribution in [3.05, 3.63) is 63.8 Å². The first-order valence-corrected chi connectivity index (χ1v) is 12.4. The SMILES string of the molecule is C#Cc1c(F)ccc2cc(O)cc(-c3c(Cl)cc4c(N5CC6CCC(C5)N6)nc(C)c(C)c4c3F)c12. The molecule has 0 radical (unpaired) electrons. The number of nitrogens with one attached hydrogen (secondary N) is 1. The molecule has 4 aromatic rings. The lowest BCUT2D eigenvalue weighted by molar-refractivity contribution is 0.464. The van der Waals surface area contributed by atoms with Crippen molar-refractivity contribution in [1.82, 2.24) is 10.3 Å². The minimum atomic E-state index is -0.596. The Kier molecular flexibility index (Phi) is 5.33. The zero-order valence-electron chi connectivity index (χ0n) is 19.9. The zero-order chi connectivity index (χ0) is 25.3. The van der Waals surface area contributed by atoms with Gasteiger partial charge in [0.1, 0.15) is 23.2 Å². The van der Waals surface area contributed by atoms with E-state index in [0.29, 0.717) is 39.2 Å². The number of pyridine rings is 1. The molecule has 3 aromatic carbocycles. The molecule has 1 aromatic heterocycles. The number of rotatable bonds is 2. The number of aromatic nitrogens is 1. The van der Waals surface area contributed by atoms with E-state index in [0.717, 1.165) is 37.4 Å². The summed E-state index contributed by atoms with van der Waals surface area (Å²) in [5, 5.41) is 16.1. The lowest BCUT2D eigenvalue weighted by Crippen LogP contribution is -2.51. The molecular formula is C29H24ClF2N3O. The van der Waals surface area contributed by atoms with E-state index in [2.05, 4.69) is 16.1 Å². The van der Waals surface area contributed by atoms with Crippen LogP contribution in [-0.4, -0.2) is 35.3 Å². The Hall–Kier alpha value is -3.40. The van der Waals surface area contributed by atoms with Crippen LogP contribution in [-0.2, 0) is 0 Å². The van der Waals surface area contributed by atoms with Crippen LogP contribution < -0.4 is 10.2 Å². The summed E-state index contributed by atoms with van der Waals surface area (Å²) in [6.45, 7) is 5.30. The molecule has 0 saturated carbocycles. The summed E-state index contributed by atoms with van der Waals surface area (Å²) in [7, 11) is 0. The van der Waals surface area contributed by atoms with Gasteiger partial charge in [-0.1, -0.05) is 23.6 Å². The third-order valence-corrected chi connectivity index (χ3v) is 7.93.